The second kappa shape index (κ2) is 11.0. The molecule has 9 heteroatoms. The van der Waals surface area contributed by atoms with Crippen molar-refractivity contribution in [3.63, 3.8) is 0 Å². The van der Waals surface area contributed by atoms with E-state index >= 15 is 0 Å². The molecule has 194 valence electrons. The van der Waals surface area contributed by atoms with E-state index in [-0.39, 0.29) is 18.4 Å². The maximum absolute atomic E-state index is 13.4. The van der Waals surface area contributed by atoms with Gasteiger partial charge in [-0.2, -0.15) is 0 Å². The fourth-order valence-corrected chi connectivity index (χ4v) is 4.44. The summed E-state index contributed by atoms with van der Waals surface area (Å²) in [4.78, 5) is 39.2. The standard InChI is InChI=1S/C26H38ClN3O5/c1-8-20(31)35-25(6,7)15-28-23(33)29-21(17(2)3)22(32)30-14-13-26(34,24(4,5)16-30)18-9-11-19(27)12-10-18/h8-12,17,21,34H,1,13-16H2,2-7H3,(H2,28,29,33). The summed E-state index contributed by atoms with van der Waals surface area (Å²) >= 11 is 6.01. The Hall–Kier alpha value is -2.58. The number of hydrogen-bond acceptors (Lipinski definition) is 5. The van der Waals surface area contributed by atoms with E-state index in [0.717, 1.165) is 11.6 Å². The highest BCUT2D eigenvalue weighted by Crippen LogP contribution is 2.46. The Morgan fingerprint density at radius 2 is 1.86 bits per heavy atom. The number of halogens is 1. The number of urea groups is 1. The molecule has 2 rings (SSSR count). The average Bonchev–Trinajstić information content (AvgIpc) is 2.77. The number of nitrogens with one attached hydrogen (secondary N) is 2. The molecule has 2 atom stereocenters. The van der Waals surface area contributed by atoms with Crippen LogP contribution >= 0.6 is 11.6 Å². The van der Waals surface area contributed by atoms with E-state index in [4.69, 9.17) is 16.3 Å². The molecule has 0 aromatic heterocycles. The summed E-state index contributed by atoms with van der Waals surface area (Å²) in [6.45, 7) is 15.0. The third kappa shape index (κ3) is 6.98. The zero-order valence-corrected chi connectivity index (χ0v) is 22.2. The number of hydrogen-bond donors (Lipinski definition) is 3. The lowest BCUT2D eigenvalue weighted by Crippen LogP contribution is -2.61. The van der Waals surface area contributed by atoms with Gasteiger partial charge in [0.25, 0.3) is 0 Å². The summed E-state index contributed by atoms with van der Waals surface area (Å²) in [5.74, 6) is -0.961. The van der Waals surface area contributed by atoms with Crippen LogP contribution in [0.2, 0.25) is 5.02 Å². The van der Waals surface area contributed by atoms with Crippen molar-refractivity contribution in [2.24, 2.45) is 11.3 Å². The lowest BCUT2D eigenvalue weighted by atomic mass is 9.66. The minimum atomic E-state index is -1.12. The Balaban J connectivity index is 2.07. The zero-order valence-electron chi connectivity index (χ0n) is 21.5. The van der Waals surface area contributed by atoms with Crippen molar-refractivity contribution >= 4 is 29.5 Å². The minimum absolute atomic E-state index is 0.0578. The van der Waals surface area contributed by atoms with Crippen molar-refractivity contribution in [2.45, 2.75) is 65.2 Å². The van der Waals surface area contributed by atoms with Crippen LogP contribution in [0.1, 0.15) is 53.5 Å². The van der Waals surface area contributed by atoms with E-state index < -0.39 is 34.7 Å². The van der Waals surface area contributed by atoms with Gasteiger partial charge in [0.2, 0.25) is 5.91 Å². The number of carbonyl (C=O) groups is 3. The molecule has 1 fully saturated rings. The third-order valence-corrected chi connectivity index (χ3v) is 6.77. The third-order valence-electron chi connectivity index (χ3n) is 6.52. The first-order valence-corrected chi connectivity index (χ1v) is 12.2. The van der Waals surface area contributed by atoms with Crippen LogP contribution in [-0.2, 0) is 19.9 Å². The molecule has 0 spiro atoms. The molecule has 0 saturated carbocycles. The van der Waals surface area contributed by atoms with E-state index in [1.54, 1.807) is 30.9 Å². The number of benzene rings is 1. The summed E-state index contributed by atoms with van der Waals surface area (Å²) < 4.78 is 5.21. The van der Waals surface area contributed by atoms with Crippen LogP contribution in [0.15, 0.2) is 36.9 Å². The van der Waals surface area contributed by atoms with Gasteiger partial charge in [-0.1, -0.05) is 58.0 Å². The molecule has 35 heavy (non-hydrogen) atoms. The fraction of sp³-hybridized carbons (Fsp3) is 0.577. The molecule has 1 aliphatic heterocycles. The monoisotopic (exact) mass is 507 g/mol. The number of ether oxygens (including phenoxy) is 1. The van der Waals surface area contributed by atoms with Crippen LogP contribution in [0.4, 0.5) is 4.79 Å². The summed E-state index contributed by atoms with van der Waals surface area (Å²) in [6, 6.07) is 5.84. The minimum Gasteiger partial charge on any atom is -0.455 e. The second-order valence-electron chi connectivity index (χ2n) is 10.7. The van der Waals surface area contributed by atoms with Gasteiger partial charge < -0.3 is 25.4 Å². The highest BCUT2D eigenvalue weighted by Gasteiger charge is 2.50. The molecule has 1 aromatic carbocycles. The molecule has 0 bridgehead atoms. The maximum Gasteiger partial charge on any atom is 0.330 e. The van der Waals surface area contributed by atoms with Crippen LogP contribution in [0.25, 0.3) is 0 Å². The van der Waals surface area contributed by atoms with E-state index in [1.807, 2.05) is 39.8 Å². The molecule has 2 unspecified atom stereocenters. The fourth-order valence-electron chi connectivity index (χ4n) is 4.32. The van der Waals surface area contributed by atoms with Gasteiger partial charge in [-0.15, -0.1) is 0 Å². The van der Waals surface area contributed by atoms with Gasteiger partial charge in [0.15, 0.2) is 0 Å². The first-order chi connectivity index (χ1) is 16.1. The largest absolute Gasteiger partial charge is 0.455 e. The maximum atomic E-state index is 13.4. The number of rotatable bonds is 8. The molecule has 8 nitrogen and oxygen atoms in total. The van der Waals surface area contributed by atoms with Gasteiger partial charge in [0.05, 0.1) is 12.1 Å². The molecular weight excluding hydrogens is 470 g/mol. The van der Waals surface area contributed by atoms with Gasteiger partial charge in [0, 0.05) is 29.6 Å². The number of carbonyl (C=O) groups excluding carboxylic acids is 3. The zero-order chi connectivity index (χ0) is 26.6. The molecule has 0 radical (unpaired) electrons. The molecule has 1 saturated heterocycles. The van der Waals surface area contributed by atoms with E-state index in [0.29, 0.717) is 24.5 Å². The summed E-state index contributed by atoms with van der Waals surface area (Å²) in [5, 5.41) is 17.6. The van der Waals surface area contributed by atoms with Crippen molar-refractivity contribution < 1.29 is 24.2 Å². The molecule has 3 N–H and O–H groups in total. The average molecular weight is 508 g/mol. The normalized spacial score (nSPS) is 20.7. The number of piperidine rings is 1. The molecule has 1 aliphatic rings. The topological polar surface area (TPSA) is 108 Å². The Labute approximate surface area is 213 Å². The molecule has 3 amide bonds. The number of aliphatic hydroxyl groups is 1. The predicted molar refractivity (Wildman–Crippen MR) is 136 cm³/mol. The highest BCUT2D eigenvalue weighted by molar-refractivity contribution is 6.30. The Morgan fingerprint density at radius 1 is 1.26 bits per heavy atom. The van der Waals surface area contributed by atoms with Crippen LogP contribution in [-0.4, -0.2) is 59.2 Å². The Bertz CT molecular complexity index is 945. The number of nitrogens with zero attached hydrogens (tertiary/aromatic N) is 1. The molecule has 1 heterocycles. The predicted octanol–water partition coefficient (Wildman–Crippen LogP) is 3.62. The van der Waals surface area contributed by atoms with Crippen LogP contribution in [0.5, 0.6) is 0 Å². The van der Waals surface area contributed by atoms with Crippen molar-refractivity contribution in [1.29, 1.82) is 0 Å². The molecule has 1 aromatic rings. The molecular formula is C26H38ClN3O5. The van der Waals surface area contributed by atoms with E-state index in [2.05, 4.69) is 17.2 Å². The van der Waals surface area contributed by atoms with Crippen molar-refractivity contribution in [1.82, 2.24) is 15.5 Å². The summed E-state index contributed by atoms with van der Waals surface area (Å²) in [7, 11) is 0. The SMILES string of the molecule is C=CC(=O)OC(C)(C)CNC(=O)NC(C(=O)N1CCC(O)(c2ccc(Cl)cc2)C(C)(C)C1)C(C)C. The van der Waals surface area contributed by atoms with Gasteiger partial charge in [-0.25, -0.2) is 9.59 Å². The molecule has 0 aliphatic carbocycles. The van der Waals surface area contributed by atoms with Crippen LogP contribution in [0.3, 0.4) is 0 Å². The Morgan fingerprint density at radius 3 is 2.37 bits per heavy atom. The summed E-state index contributed by atoms with van der Waals surface area (Å²) in [5.41, 5.74) is -1.95. The lowest BCUT2D eigenvalue weighted by molar-refractivity contribution is -0.155. The van der Waals surface area contributed by atoms with Gasteiger partial charge in [-0.3, -0.25) is 4.79 Å². The second-order valence-corrected chi connectivity index (χ2v) is 11.1. The van der Waals surface area contributed by atoms with Crippen LogP contribution in [0, 0.1) is 11.3 Å². The number of esters is 1. The first-order valence-electron chi connectivity index (χ1n) is 11.8. The first kappa shape index (κ1) is 28.7. The lowest BCUT2D eigenvalue weighted by Gasteiger charge is -2.51. The smallest absolute Gasteiger partial charge is 0.330 e. The van der Waals surface area contributed by atoms with Crippen molar-refractivity contribution in [2.75, 3.05) is 19.6 Å². The van der Waals surface area contributed by atoms with Crippen LogP contribution < -0.4 is 10.6 Å². The number of likely N-dealkylation sites (tertiary alicyclic amines) is 1. The summed E-state index contributed by atoms with van der Waals surface area (Å²) in [6.07, 6.45) is 1.41. The number of amides is 3. The quantitative estimate of drug-likeness (QED) is 0.368. The Kier molecular flexibility index (Phi) is 9.00. The van der Waals surface area contributed by atoms with Gasteiger partial charge in [-0.05, 0) is 43.9 Å². The van der Waals surface area contributed by atoms with Crippen molar-refractivity contribution in [3.8, 4) is 0 Å². The van der Waals surface area contributed by atoms with Gasteiger partial charge >= 0.3 is 12.0 Å². The van der Waals surface area contributed by atoms with Gasteiger partial charge in [0.1, 0.15) is 11.6 Å². The van der Waals surface area contributed by atoms with E-state index in [1.165, 1.54) is 0 Å². The van der Waals surface area contributed by atoms with E-state index in [9.17, 15) is 19.5 Å². The highest BCUT2D eigenvalue weighted by atomic mass is 35.5. The van der Waals surface area contributed by atoms with Crippen molar-refractivity contribution in [3.05, 3.63) is 47.5 Å².